The van der Waals surface area contributed by atoms with Crippen molar-refractivity contribution in [2.75, 3.05) is 4.90 Å². The molecule has 3 aliphatic carbocycles. The largest absolute Gasteiger partial charge is 0.311 e. The van der Waals surface area contributed by atoms with E-state index in [0.717, 1.165) is 16.9 Å². The molecular weight excluding hydrogens is 819 g/mol. The van der Waals surface area contributed by atoms with Gasteiger partial charge in [0.25, 0.3) is 0 Å². The topological polar surface area (TPSA) is 3.24 Å². The van der Waals surface area contributed by atoms with Crippen LogP contribution < -0.4 is 4.90 Å². The van der Waals surface area contributed by atoms with E-state index < -0.39 is 5.41 Å². The van der Waals surface area contributed by atoms with Gasteiger partial charge in [-0.15, -0.1) is 0 Å². The molecule has 1 heteroatoms. The highest BCUT2D eigenvalue weighted by molar-refractivity contribution is 6.26. The lowest BCUT2D eigenvalue weighted by Gasteiger charge is -2.44. The van der Waals surface area contributed by atoms with Crippen LogP contribution in [0.5, 0.6) is 0 Å². The van der Waals surface area contributed by atoms with Gasteiger partial charge in [-0.3, -0.25) is 0 Å². The maximum absolute atomic E-state index is 4.76. The molecule has 1 nitrogen and oxygen atoms in total. The van der Waals surface area contributed by atoms with E-state index in [-0.39, 0.29) is 5.92 Å². The molecule has 1 heterocycles. The summed E-state index contributed by atoms with van der Waals surface area (Å²) in [7, 11) is 0. The van der Waals surface area contributed by atoms with Crippen molar-refractivity contribution in [2.24, 2.45) is 5.92 Å². The number of anilines is 1. The summed E-state index contributed by atoms with van der Waals surface area (Å²) in [6.45, 7) is 11.4. The highest BCUT2D eigenvalue weighted by Crippen LogP contribution is 2.66. The van der Waals surface area contributed by atoms with Gasteiger partial charge >= 0.3 is 0 Å². The van der Waals surface area contributed by atoms with Gasteiger partial charge in [-0.05, 0) is 129 Å². The fourth-order valence-electron chi connectivity index (χ4n) is 12.2. The molecular formula is C67H47N. The van der Waals surface area contributed by atoms with E-state index in [9.17, 15) is 0 Å². The predicted octanol–water partition coefficient (Wildman–Crippen LogP) is 17.3. The molecule has 1 spiro atoms. The molecule has 320 valence electrons. The van der Waals surface area contributed by atoms with Gasteiger partial charge in [0.15, 0.2) is 0 Å². The third kappa shape index (κ3) is 5.63. The van der Waals surface area contributed by atoms with E-state index in [4.69, 9.17) is 6.58 Å². The Kier molecular flexibility index (Phi) is 9.10. The number of nitrogens with zero attached hydrogens (tertiary/aromatic N) is 1. The number of allylic oxidation sites excluding steroid dienone is 12. The third-order valence-corrected chi connectivity index (χ3v) is 15.1. The van der Waals surface area contributed by atoms with Crippen LogP contribution in [0.25, 0.3) is 71.3 Å². The summed E-state index contributed by atoms with van der Waals surface area (Å²) in [6.07, 6.45) is 15.8. The van der Waals surface area contributed by atoms with E-state index in [1.54, 1.807) is 0 Å². The second-order valence-corrected chi connectivity index (χ2v) is 18.4. The standard InChI is InChI=1S/C67H47N/c1-4-6-25-55-54-31-17-19-32-62(54)67-61(5-2)59(60-41-57-52-29-15-13-27-50(52)51-28-14-16-30-53(51)58(57)42-63(60)67)40-56-43(3)48(47-36-34-45(35-37-47)44-21-9-7-10-22-44)38-39-65(56)68(66(55)67)64-33-20-18-26-49(64)46-23-11-8-12-24-46/h4-43H,1-2H2,3H3/b25-6-,56-40-. The van der Waals surface area contributed by atoms with Gasteiger partial charge < -0.3 is 4.90 Å². The zero-order valence-electron chi connectivity index (χ0n) is 38.0. The fraction of sp³-hybridized carbons (Fsp3) is 0.0448. The molecule has 9 aromatic carbocycles. The molecule has 2 atom stereocenters. The fourth-order valence-corrected chi connectivity index (χ4v) is 12.2. The average molecular weight is 866 g/mol. The average Bonchev–Trinajstić information content (AvgIpc) is 3.84. The molecule has 0 saturated carbocycles. The van der Waals surface area contributed by atoms with Gasteiger partial charge in [-0.2, -0.15) is 0 Å². The molecule has 1 aliphatic heterocycles. The first kappa shape index (κ1) is 39.8. The van der Waals surface area contributed by atoms with Gasteiger partial charge in [0.1, 0.15) is 0 Å². The number of hydrogen-bond acceptors (Lipinski definition) is 1. The zero-order valence-corrected chi connectivity index (χ0v) is 38.0. The molecule has 4 aliphatic rings. The van der Waals surface area contributed by atoms with Gasteiger partial charge in [0.05, 0.1) is 16.8 Å². The van der Waals surface area contributed by atoms with Crippen LogP contribution in [0.2, 0.25) is 0 Å². The Hall–Kier alpha value is -8.52. The maximum Gasteiger partial charge on any atom is 0.0881 e. The van der Waals surface area contributed by atoms with Crippen molar-refractivity contribution in [3.63, 3.8) is 0 Å². The Labute approximate surface area is 398 Å². The van der Waals surface area contributed by atoms with Crippen LogP contribution in [0.4, 0.5) is 5.69 Å². The molecule has 13 rings (SSSR count). The zero-order chi connectivity index (χ0) is 45.5. The molecule has 0 fully saturated rings. The number of benzene rings is 9. The minimum atomic E-state index is -0.738. The number of fused-ring (bicyclic) bond motifs is 10. The van der Waals surface area contributed by atoms with Crippen LogP contribution in [0, 0.1) is 5.92 Å². The summed E-state index contributed by atoms with van der Waals surface area (Å²) in [4.78, 5) is 2.64. The van der Waals surface area contributed by atoms with Crippen molar-refractivity contribution in [3.8, 4) is 22.3 Å². The third-order valence-electron chi connectivity index (χ3n) is 15.1. The lowest BCUT2D eigenvalue weighted by atomic mass is 9.69. The van der Waals surface area contributed by atoms with E-state index in [1.807, 2.05) is 6.08 Å². The predicted molar refractivity (Wildman–Crippen MR) is 289 cm³/mol. The Morgan fingerprint density at radius 2 is 1.04 bits per heavy atom. The summed E-state index contributed by atoms with van der Waals surface area (Å²) in [5.74, 6) is 0.0286. The van der Waals surface area contributed by atoms with Gasteiger partial charge in [0, 0.05) is 22.8 Å². The van der Waals surface area contributed by atoms with Crippen LogP contribution in [0.3, 0.4) is 0 Å². The lowest BCUT2D eigenvalue weighted by molar-refractivity contribution is 0.722. The van der Waals surface area contributed by atoms with Crippen LogP contribution in [0.15, 0.2) is 272 Å². The second kappa shape index (κ2) is 15.5. The van der Waals surface area contributed by atoms with E-state index >= 15 is 0 Å². The SMILES string of the molecule is C=C/C=C\C1=C2N(c3ccccc3-c3ccccc3)C3=CC=C(c4ccc(-c5ccccc5)cc4)C(C)/C3=C/C3=C(C=C)C2(c2cc4c5ccccc5c5ccccc5c4cc23)c2ccccc21. The molecule has 0 radical (unpaired) electrons. The van der Waals surface area contributed by atoms with Crippen LogP contribution in [-0.2, 0) is 5.41 Å². The van der Waals surface area contributed by atoms with Gasteiger partial charge in [-0.1, -0.05) is 226 Å². The molecule has 0 amide bonds. The normalized spacial score (nSPS) is 18.9. The van der Waals surface area contributed by atoms with E-state index in [1.165, 1.54) is 110 Å². The Balaban J connectivity index is 1.18. The number of para-hydroxylation sites is 1. The molecule has 2 bridgehead atoms. The minimum absolute atomic E-state index is 0.0286. The summed E-state index contributed by atoms with van der Waals surface area (Å²) in [6, 6.07) is 71.7. The molecule has 2 unspecified atom stereocenters. The molecule has 0 N–H and O–H groups in total. The van der Waals surface area contributed by atoms with Crippen LogP contribution in [-0.4, -0.2) is 0 Å². The quantitative estimate of drug-likeness (QED) is 0.114. The van der Waals surface area contributed by atoms with Crippen molar-refractivity contribution in [1.82, 2.24) is 0 Å². The Morgan fingerprint density at radius 3 is 1.72 bits per heavy atom. The first-order chi connectivity index (χ1) is 33.6. The Morgan fingerprint density at radius 1 is 0.485 bits per heavy atom. The van der Waals surface area contributed by atoms with Crippen molar-refractivity contribution in [2.45, 2.75) is 12.3 Å². The minimum Gasteiger partial charge on any atom is -0.311 e. The number of rotatable bonds is 7. The smallest absolute Gasteiger partial charge is 0.0881 e. The Bertz CT molecular complexity index is 3810. The van der Waals surface area contributed by atoms with Crippen molar-refractivity contribution < 1.29 is 0 Å². The van der Waals surface area contributed by atoms with Gasteiger partial charge in [-0.25, -0.2) is 0 Å². The summed E-state index contributed by atoms with van der Waals surface area (Å²) in [5, 5.41) is 7.57. The second-order valence-electron chi connectivity index (χ2n) is 18.4. The van der Waals surface area contributed by atoms with E-state index in [2.05, 4.69) is 249 Å². The molecule has 68 heavy (non-hydrogen) atoms. The molecule has 9 aromatic rings. The first-order valence-electron chi connectivity index (χ1n) is 23.7. The van der Waals surface area contributed by atoms with Crippen molar-refractivity contribution >= 4 is 54.7 Å². The summed E-state index contributed by atoms with van der Waals surface area (Å²) in [5.41, 5.74) is 19.8. The highest BCUT2D eigenvalue weighted by atomic mass is 15.2. The maximum atomic E-state index is 4.76. The van der Waals surface area contributed by atoms with Crippen molar-refractivity contribution in [1.29, 1.82) is 0 Å². The summed E-state index contributed by atoms with van der Waals surface area (Å²) >= 11 is 0. The van der Waals surface area contributed by atoms with Crippen molar-refractivity contribution in [3.05, 3.63) is 300 Å². The lowest BCUT2D eigenvalue weighted by Crippen LogP contribution is -2.40. The van der Waals surface area contributed by atoms with Crippen LogP contribution >= 0.6 is 0 Å². The summed E-state index contributed by atoms with van der Waals surface area (Å²) < 4.78 is 0. The molecule has 0 aromatic heterocycles. The van der Waals surface area contributed by atoms with E-state index in [0.29, 0.717) is 0 Å². The monoisotopic (exact) mass is 865 g/mol. The number of hydrogen-bond donors (Lipinski definition) is 0. The van der Waals surface area contributed by atoms with Crippen LogP contribution in [0.1, 0.15) is 34.7 Å². The van der Waals surface area contributed by atoms with Gasteiger partial charge in [0.2, 0.25) is 0 Å². The first-order valence-corrected chi connectivity index (χ1v) is 23.7. The molecule has 0 saturated heterocycles. The highest BCUT2D eigenvalue weighted by Gasteiger charge is 2.57.